The van der Waals surface area contributed by atoms with E-state index in [1.807, 2.05) is 13.8 Å². The van der Waals surface area contributed by atoms with E-state index >= 15 is 0 Å². The SMILES string of the molecule is CCOC(=O)c1c(C(C)C)nc(=O)[nH]c1C. The topological polar surface area (TPSA) is 72.0 Å². The van der Waals surface area contributed by atoms with Gasteiger partial charge in [0.2, 0.25) is 0 Å². The molecule has 0 atom stereocenters. The molecule has 0 radical (unpaired) electrons. The standard InChI is InChI=1S/C11H16N2O3/c1-5-16-10(14)8-7(4)12-11(15)13-9(8)6(2)3/h6H,5H2,1-4H3,(H,12,13,15). The Labute approximate surface area is 93.9 Å². The third-order valence-electron chi connectivity index (χ3n) is 2.17. The number of rotatable bonds is 3. The van der Waals surface area contributed by atoms with E-state index in [9.17, 15) is 9.59 Å². The van der Waals surface area contributed by atoms with Crippen molar-refractivity contribution in [2.45, 2.75) is 33.6 Å². The van der Waals surface area contributed by atoms with Gasteiger partial charge in [0.15, 0.2) is 0 Å². The van der Waals surface area contributed by atoms with Crippen LogP contribution < -0.4 is 5.69 Å². The molecule has 0 aliphatic heterocycles. The maximum Gasteiger partial charge on any atom is 0.345 e. The molecule has 5 heteroatoms. The monoisotopic (exact) mass is 224 g/mol. The van der Waals surface area contributed by atoms with Gasteiger partial charge in [0, 0.05) is 5.69 Å². The minimum absolute atomic E-state index is 0.000376. The number of H-pyrrole nitrogens is 1. The molecule has 0 aliphatic carbocycles. The summed E-state index contributed by atoms with van der Waals surface area (Å²) in [6, 6.07) is 0. The number of carbonyl (C=O) groups excluding carboxylic acids is 1. The summed E-state index contributed by atoms with van der Waals surface area (Å²) in [5.74, 6) is -0.437. The molecular formula is C11H16N2O3. The molecule has 0 aliphatic rings. The molecule has 5 nitrogen and oxygen atoms in total. The largest absolute Gasteiger partial charge is 0.462 e. The van der Waals surface area contributed by atoms with Crippen molar-refractivity contribution in [3.05, 3.63) is 27.4 Å². The highest BCUT2D eigenvalue weighted by molar-refractivity contribution is 5.91. The van der Waals surface area contributed by atoms with E-state index < -0.39 is 11.7 Å². The number of aromatic nitrogens is 2. The van der Waals surface area contributed by atoms with E-state index in [-0.39, 0.29) is 5.92 Å². The van der Waals surface area contributed by atoms with Crippen LogP contribution in [0, 0.1) is 6.92 Å². The second-order valence-corrected chi connectivity index (χ2v) is 3.80. The van der Waals surface area contributed by atoms with Gasteiger partial charge in [-0.25, -0.2) is 9.59 Å². The molecular weight excluding hydrogens is 208 g/mol. The molecule has 1 rings (SSSR count). The van der Waals surface area contributed by atoms with Crippen molar-refractivity contribution in [3.63, 3.8) is 0 Å². The van der Waals surface area contributed by atoms with Gasteiger partial charge in [-0.05, 0) is 19.8 Å². The van der Waals surface area contributed by atoms with E-state index in [1.54, 1.807) is 13.8 Å². The van der Waals surface area contributed by atoms with Crippen LogP contribution in [0.15, 0.2) is 4.79 Å². The summed E-state index contributed by atoms with van der Waals surface area (Å²) in [4.78, 5) is 29.3. The zero-order valence-electron chi connectivity index (χ0n) is 9.96. The number of esters is 1. The van der Waals surface area contributed by atoms with Crippen LogP contribution in [0.25, 0.3) is 0 Å². The predicted octanol–water partition coefficient (Wildman–Crippen LogP) is 1.38. The van der Waals surface area contributed by atoms with Gasteiger partial charge < -0.3 is 9.72 Å². The molecule has 0 saturated carbocycles. The molecule has 0 saturated heterocycles. The lowest BCUT2D eigenvalue weighted by atomic mass is 10.0. The molecule has 0 spiro atoms. The van der Waals surface area contributed by atoms with Crippen molar-refractivity contribution in [3.8, 4) is 0 Å². The Morgan fingerprint density at radius 1 is 1.50 bits per heavy atom. The Morgan fingerprint density at radius 3 is 2.62 bits per heavy atom. The Hall–Kier alpha value is -1.65. The number of carbonyl (C=O) groups is 1. The fourth-order valence-corrected chi connectivity index (χ4v) is 1.49. The summed E-state index contributed by atoms with van der Waals surface area (Å²) in [5, 5.41) is 0. The Balaban J connectivity index is 3.35. The molecule has 0 aromatic carbocycles. The summed E-state index contributed by atoms with van der Waals surface area (Å²) >= 11 is 0. The van der Waals surface area contributed by atoms with Gasteiger partial charge in [-0.15, -0.1) is 0 Å². The predicted molar refractivity (Wildman–Crippen MR) is 59.6 cm³/mol. The minimum atomic E-state index is -0.438. The average Bonchev–Trinajstić information content (AvgIpc) is 2.16. The van der Waals surface area contributed by atoms with Crippen molar-refractivity contribution in [2.24, 2.45) is 0 Å². The minimum Gasteiger partial charge on any atom is -0.462 e. The number of nitrogens with zero attached hydrogens (tertiary/aromatic N) is 1. The fraction of sp³-hybridized carbons (Fsp3) is 0.545. The quantitative estimate of drug-likeness (QED) is 0.787. The zero-order chi connectivity index (χ0) is 12.3. The van der Waals surface area contributed by atoms with Crippen LogP contribution in [-0.4, -0.2) is 22.5 Å². The van der Waals surface area contributed by atoms with Crippen molar-refractivity contribution in [2.75, 3.05) is 6.61 Å². The highest BCUT2D eigenvalue weighted by Crippen LogP contribution is 2.18. The Bertz CT molecular complexity index is 449. The van der Waals surface area contributed by atoms with Gasteiger partial charge >= 0.3 is 11.7 Å². The summed E-state index contributed by atoms with van der Waals surface area (Å²) in [7, 11) is 0. The Kier molecular flexibility index (Phi) is 3.82. The van der Waals surface area contributed by atoms with Crippen LogP contribution >= 0.6 is 0 Å². The highest BCUT2D eigenvalue weighted by Gasteiger charge is 2.20. The normalized spacial score (nSPS) is 10.6. The number of nitrogens with one attached hydrogen (secondary N) is 1. The van der Waals surface area contributed by atoms with Crippen LogP contribution in [0.4, 0.5) is 0 Å². The number of hydrogen-bond donors (Lipinski definition) is 1. The molecule has 1 aromatic heterocycles. The smallest absolute Gasteiger partial charge is 0.345 e. The van der Waals surface area contributed by atoms with Crippen molar-refractivity contribution in [1.29, 1.82) is 0 Å². The lowest BCUT2D eigenvalue weighted by Crippen LogP contribution is -2.22. The molecule has 16 heavy (non-hydrogen) atoms. The first-order valence-electron chi connectivity index (χ1n) is 5.25. The van der Waals surface area contributed by atoms with Crippen LogP contribution in [0.2, 0.25) is 0 Å². The van der Waals surface area contributed by atoms with Crippen LogP contribution in [0.5, 0.6) is 0 Å². The Morgan fingerprint density at radius 2 is 2.12 bits per heavy atom. The van der Waals surface area contributed by atoms with Gasteiger partial charge in [-0.1, -0.05) is 13.8 Å². The van der Waals surface area contributed by atoms with Gasteiger partial charge in [0.25, 0.3) is 0 Å². The second-order valence-electron chi connectivity index (χ2n) is 3.80. The molecule has 0 fully saturated rings. The van der Waals surface area contributed by atoms with E-state index in [2.05, 4.69) is 9.97 Å². The summed E-state index contributed by atoms with van der Waals surface area (Å²) in [6.07, 6.45) is 0. The molecule has 0 unspecified atom stereocenters. The maximum atomic E-state index is 11.7. The lowest BCUT2D eigenvalue weighted by Gasteiger charge is -2.12. The first kappa shape index (κ1) is 12.4. The zero-order valence-corrected chi connectivity index (χ0v) is 9.96. The lowest BCUT2D eigenvalue weighted by molar-refractivity contribution is 0.0522. The molecule has 88 valence electrons. The van der Waals surface area contributed by atoms with Gasteiger partial charge in [-0.2, -0.15) is 4.98 Å². The van der Waals surface area contributed by atoms with E-state index in [4.69, 9.17) is 4.74 Å². The van der Waals surface area contributed by atoms with E-state index in [0.717, 1.165) is 0 Å². The number of aromatic amines is 1. The van der Waals surface area contributed by atoms with Crippen LogP contribution in [0.1, 0.15) is 48.4 Å². The summed E-state index contributed by atoms with van der Waals surface area (Å²) in [6.45, 7) is 7.46. The van der Waals surface area contributed by atoms with Gasteiger partial charge in [0.05, 0.1) is 12.3 Å². The number of hydrogen-bond acceptors (Lipinski definition) is 4. The first-order valence-corrected chi connectivity index (χ1v) is 5.25. The molecule has 0 bridgehead atoms. The van der Waals surface area contributed by atoms with Crippen molar-refractivity contribution >= 4 is 5.97 Å². The second kappa shape index (κ2) is 4.92. The molecule has 1 aromatic rings. The van der Waals surface area contributed by atoms with Gasteiger partial charge in [-0.3, -0.25) is 0 Å². The van der Waals surface area contributed by atoms with E-state index in [1.165, 1.54) is 0 Å². The molecule has 0 amide bonds. The van der Waals surface area contributed by atoms with Crippen molar-refractivity contribution in [1.82, 2.24) is 9.97 Å². The summed E-state index contributed by atoms with van der Waals surface area (Å²) < 4.78 is 4.94. The van der Waals surface area contributed by atoms with Crippen LogP contribution in [-0.2, 0) is 4.74 Å². The summed E-state index contributed by atoms with van der Waals surface area (Å²) in [5.41, 5.74) is 0.924. The maximum absolute atomic E-state index is 11.7. The van der Waals surface area contributed by atoms with Crippen molar-refractivity contribution < 1.29 is 9.53 Å². The average molecular weight is 224 g/mol. The third-order valence-corrected chi connectivity index (χ3v) is 2.17. The molecule has 1 heterocycles. The fourth-order valence-electron chi connectivity index (χ4n) is 1.49. The third kappa shape index (κ3) is 2.48. The molecule has 1 N–H and O–H groups in total. The number of aryl methyl sites for hydroxylation is 1. The number of ether oxygens (including phenoxy) is 1. The van der Waals surface area contributed by atoms with Gasteiger partial charge in [0.1, 0.15) is 5.56 Å². The first-order chi connectivity index (χ1) is 7.47. The highest BCUT2D eigenvalue weighted by atomic mass is 16.5. The van der Waals surface area contributed by atoms with Crippen LogP contribution in [0.3, 0.4) is 0 Å². The van der Waals surface area contributed by atoms with E-state index in [0.29, 0.717) is 23.6 Å².